The Morgan fingerprint density at radius 1 is 1.22 bits per heavy atom. The van der Waals surface area contributed by atoms with Gasteiger partial charge in [-0.3, -0.25) is 14.4 Å². The van der Waals surface area contributed by atoms with Gasteiger partial charge in [-0.15, -0.1) is 11.8 Å². The summed E-state index contributed by atoms with van der Waals surface area (Å²) in [5.41, 5.74) is 0.818. The van der Waals surface area contributed by atoms with Gasteiger partial charge >= 0.3 is 5.97 Å². The fourth-order valence-corrected chi connectivity index (χ4v) is 4.23. The average Bonchev–Trinajstić information content (AvgIpc) is 2.64. The van der Waals surface area contributed by atoms with Gasteiger partial charge in [-0.2, -0.15) is 0 Å². The molecule has 1 aromatic carbocycles. The highest BCUT2D eigenvalue weighted by Crippen LogP contribution is 2.34. The molecule has 0 aromatic heterocycles. The maximum absolute atomic E-state index is 12.2. The predicted molar refractivity (Wildman–Crippen MR) is 102 cm³/mol. The van der Waals surface area contributed by atoms with E-state index >= 15 is 0 Å². The van der Waals surface area contributed by atoms with Crippen LogP contribution >= 0.6 is 11.8 Å². The lowest BCUT2D eigenvalue weighted by Gasteiger charge is -2.35. The van der Waals surface area contributed by atoms with E-state index in [-0.39, 0.29) is 43.6 Å². The topological polar surface area (TPSA) is 76.2 Å². The number of ether oxygens (including phenoxy) is 2. The molecule has 7 nitrogen and oxygen atoms in total. The standard InChI is InChI=1S/C19H24N2O5S/c1-13-9-20(10-14(2)26-13)17(22)11-25-19(24)7-8-21-15-5-3-4-6-16(15)27-12-18(21)23/h3-6,13-14H,7-12H2,1-2H3/t13-,14+. The minimum absolute atomic E-state index is 0.0288. The van der Waals surface area contributed by atoms with Crippen molar-refractivity contribution in [3.63, 3.8) is 0 Å². The second-order valence-corrected chi connectivity index (χ2v) is 7.79. The molecule has 3 rings (SSSR count). The molecule has 2 atom stereocenters. The van der Waals surface area contributed by atoms with Gasteiger partial charge in [-0.05, 0) is 26.0 Å². The molecule has 0 bridgehead atoms. The maximum Gasteiger partial charge on any atom is 0.308 e. The van der Waals surface area contributed by atoms with Crippen LogP contribution in [-0.2, 0) is 23.9 Å². The maximum atomic E-state index is 12.2. The molecule has 2 aliphatic rings. The molecule has 0 saturated carbocycles. The molecule has 0 aliphatic carbocycles. The fourth-order valence-electron chi connectivity index (χ4n) is 3.29. The Hall–Kier alpha value is -2.06. The number of esters is 1. The van der Waals surface area contributed by atoms with Crippen molar-refractivity contribution < 1.29 is 23.9 Å². The lowest BCUT2D eigenvalue weighted by molar-refractivity contribution is -0.157. The molecule has 2 heterocycles. The van der Waals surface area contributed by atoms with Crippen LogP contribution in [0.2, 0.25) is 0 Å². The minimum atomic E-state index is -0.485. The van der Waals surface area contributed by atoms with Crippen molar-refractivity contribution in [1.29, 1.82) is 0 Å². The molecule has 0 unspecified atom stereocenters. The molecule has 2 aliphatic heterocycles. The van der Waals surface area contributed by atoms with Crippen molar-refractivity contribution >= 4 is 35.2 Å². The van der Waals surface area contributed by atoms with E-state index in [0.717, 1.165) is 10.6 Å². The van der Waals surface area contributed by atoms with Crippen molar-refractivity contribution in [1.82, 2.24) is 4.90 Å². The Morgan fingerprint density at radius 2 is 1.93 bits per heavy atom. The van der Waals surface area contributed by atoms with Crippen LogP contribution in [-0.4, -0.2) is 66.9 Å². The number of morpholine rings is 1. The summed E-state index contributed by atoms with van der Waals surface area (Å²) in [5, 5.41) is 0. The van der Waals surface area contributed by atoms with E-state index < -0.39 is 5.97 Å². The van der Waals surface area contributed by atoms with Crippen LogP contribution in [0, 0.1) is 0 Å². The number of amides is 2. The zero-order valence-corrected chi connectivity index (χ0v) is 16.4. The molecular formula is C19H24N2O5S. The first-order chi connectivity index (χ1) is 12.9. The smallest absolute Gasteiger partial charge is 0.308 e. The van der Waals surface area contributed by atoms with Crippen LogP contribution in [0.25, 0.3) is 0 Å². The summed E-state index contributed by atoms with van der Waals surface area (Å²) in [6.45, 7) is 4.78. The van der Waals surface area contributed by atoms with Crippen LogP contribution in [0.5, 0.6) is 0 Å². The highest BCUT2D eigenvalue weighted by molar-refractivity contribution is 8.00. The summed E-state index contributed by atoms with van der Waals surface area (Å²) in [6, 6.07) is 7.62. The van der Waals surface area contributed by atoms with Gasteiger partial charge in [0.15, 0.2) is 6.61 Å². The molecule has 0 radical (unpaired) electrons. The molecule has 1 saturated heterocycles. The molecule has 2 amide bonds. The van der Waals surface area contributed by atoms with Crippen molar-refractivity contribution in [2.24, 2.45) is 0 Å². The summed E-state index contributed by atoms with van der Waals surface area (Å²) in [6.07, 6.45) is -0.0126. The number of fused-ring (bicyclic) bond motifs is 1. The fraction of sp³-hybridized carbons (Fsp3) is 0.526. The van der Waals surface area contributed by atoms with E-state index in [1.165, 1.54) is 11.8 Å². The number of carbonyl (C=O) groups excluding carboxylic acids is 3. The Bertz CT molecular complexity index is 716. The summed E-state index contributed by atoms with van der Waals surface area (Å²) < 4.78 is 10.7. The van der Waals surface area contributed by atoms with Gasteiger partial charge in [0.2, 0.25) is 5.91 Å². The number of thioether (sulfide) groups is 1. The Balaban J connectivity index is 1.47. The summed E-state index contributed by atoms with van der Waals surface area (Å²) in [5.74, 6) is -0.376. The van der Waals surface area contributed by atoms with Crippen molar-refractivity contribution in [2.75, 3.05) is 36.9 Å². The number of benzene rings is 1. The average molecular weight is 392 g/mol. The second-order valence-electron chi connectivity index (χ2n) is 6.77. The van der Waals surface area contributed by atoms with E-state index in [2.05, 4.69) is 0 Å². The van der Waals surface area contributed by atoms with Gasteiger partial charge in [-0.25, -0.2) is 0 Å². The minimum Gasteiger partial charge on any atom is -0.456 e. The number of nitrogens with zero attached hydrogens (tertiary/aromatic N) is 2. The molecule has 1 fully saturated rings. The molecular weight excluding hydrogens is 368 g/mol. The molecule has 0 N–H and O–H groups in total. The summed E-state index contributed by atoms with van der Waals surface area (Å²) in [7, 11) is 0. The number of para-hydroxylation sites is 1. The van der Waals surface area contributed by atoms with E-state index in [4.69, 9.17) is 9.47 Å². The number of carbonyl (C=O) groups is 3. The van der Waals surface area contributed by atoms with Crippen LogP contribution in [0.1, 0.15) is 20.3 Å². The van der Waals surface area contributed by atoms with Gasteiger partial charge in [0.1, 0.15) is 0 Å². The first-order valence-corrected chi connectivity index (χ1v) is 10.0. The van der Waals surface area contributed by atoms with Gasteiger partial charge < -0.3 is 19.3 Å². The third kappa shape index (κ3) is 5.01. The number of rotatable bonds is 5. The lowest BCUT2D eigenvalue weighted by atomic mass is 10.2. The van der Waals surface area contributed by atoms with E-state index in [9.17, 15) is 14.4 Å². The van der Waals surface area contributed by atoms with Crippen LogP contribution in [0.4, 0.5) is 5.69 Å². The number of hydrogen-bond acceptors (Lipinski definition) is 6. The third-order valence-corrected chi connectivity index (χ3v) is 5.52. The normalized spacial score (nSPS) is 22.4. The molecule has 8 heteroatoms. The van der Waals surface area contributed by atoms with Gasteiger partial charge in [-0.1, -0.05) is 12.1 Å². The van der Waals surface area contributed by atoms with Crippen molar-refractivity contribution in [2.45, 2.75) is 37.4 Å². The SMILES string of the molecule is C[C@@H]1CN(C(=O)COC(=O)CCN2C(=O)CSc3ccccc32)C[C@H](C)O1. The highest BCUT2D eigenvalue weighted by atomic mass is 32.2. The molecule has 1 aromatic rings. The number of hydrogen-bond donors (Lipinski definition) is 0. The first kappa shape index (κ1) is 19.7. The van der Waals surface area contributed by atoms with Crippen molar-refractivity contribution in [3.8, 4) is 0 Å². The first-order valence-electron chi connectivity index (χ1n) is 9.05. The highest BCUT2D eigenvalue weighted by Gasteiger charge is 2.27. The van der Waals surface area contributed by atoms with E-state index in [0.29, 0.717) is 18.8 Å². The molecule has 0 spiro atoms. The Morgan fingerprint density at radius 3 is 2.67 bits per heavy atom. The van der Waals surface area contributed by atoms with Gasteiger partial charge in [0, 0.05) is 24.5 Å². The third-order valence-electron chi connectivity index (χ3n) is 4.48. The zero-order valence-electron chi connectivity index (χ0n) is 15.6. The Kier molecular flexibility index (Phi) is 6.38. The van der Waals surface area contributed by atoms with Crippen molar-refractivity contribution in [3.05, 3.63) is 24.3 Å². The van der Waals surface area contributed by atoms with Crippen LogP contribution in [0.3, 0.4) is 0 Å². The summed E-state index contributed by atoms with van der Waals surface area (Å²) >= 11 is 1.50. The largest absolute Gasteiger partial charge is 0.456 e. The quantitative estimate of drug-likeness (QED) is 0.710. The summed E-state index contributed by atoms with van der Waals surface area (Å²) in [4.78, 5) is 40.8. The second kappa shape index (κ2) is 8.75. The van der Waals surface area contributed by atoms with Gasteiger partial charge in [0.25, 0.3) is 5.91 Å². The van der Waals surface area contributed by atoms with Gasteiger partial charge in [0.05, 0.1) is 30.1 Å². The predicted octanol–water partition coefficient (Wildman–Crippen LogP) is 1.69. The lowest BCUT2D eigenvalue weighted by Crippen LogP contribution is -2.49. The molecule has 146 valence electrons. The number of anilines is 1. The monoisotopic (exact) mass is 392 g/mol. The zero-order chi connectivity index (χ0) is 19.4. The van der Waals surface area contributed by atoms with E-state index in [1.54, 1.807) is 9.80 Å². The molecule has 27 heavy (non-hydrogen) atoms. The Labute approximate surface area is 163 Å². The van der Waals surface area contributed by atoms with Crippen LogP contribution in [0.15, 0.2) is 29.2 Å². The van der Waals surface area contributed by atoms with E-state index in [1.807, 2.05) is 38.1 Å². The van der Waals surface area contributed by atoms with Crippen LogP contribution < -0.4 is 4.90 Å².